The highest BCUT2D eigenvalue weighted by molar-refractivity contribution is 7.89. The molecular weight excluding hydrogens is 296 g/mol. The van der Waals surface area contributed by atoms with Crippen molar-refractivity contribution in [3.63, 3.8) is 0 Å². The summed E-state index contributed by atoms with van der Waals surface area (Å²) in [5.41, 5.74) is 0. The minimum atomic E-state index is -3.44. The maximum absolute atomic E-state index is 12.8. The van der Waals surface area contributed by atoms with E-state index in [1.807, 2.05) is 0 Å². The Morgan fingerprint density at radius 2 is 1.95 bits per heavy atom. The number of pyridine rings is 1. The first-order chi connectivity index (χ1) is 9.59. The van der Waals surface area contributed by atoms with Crippen molar-refractivity contribution in [3.8, 4) is 0 Å². The number of hydrogen-bond acceptors (Lipinski definition) is 3. The summed E-state index contributed by atoms with van der Waals surface area (Å²) in [5.74, 6) is 0.532. The van der Waals surface area contributed by atoms with Crippen LogP contribution in [0.4, 0.5) is 0 Å². The lowest BCUT2D eigenvalue weighted by molar-refractivity contribution is 0.288. The second-order valence-electron chi connectivity index (χ2n) is 5.68. The highest BCUT2D eigenvalue weighted by atomic mass is 35.5. The molecule has 0 amide bonds. The molecule has 1 aromatic rings. The van der Waals surface area contributed by atoms with Crippen LogP contribution in [-0.4, -0.2) is 30.3 Å². The first kappa shape index (κ1) is 14.3. The molecule has 1 atom stereocenters. The fourth-order valence-corrected chi connectivity index (χ4v) is 5.56. The fraction of sp³-hybridized carbons (Fsp3) is 0.643. The van der Waals surface area contributed by atoms with Crippen molar-refractivity contribution < 1.29 is 8.42 Å². The standard InChI is InChI=1S/C14H19ClN2O2S/c15-14-10-12(7-8-16-14)20(18,19)17-9-3-6-13(17)11-4-1-2-5-11/h7-8,10-11,13H,1-6,9H2. The van der Waals surface area contributed by atoms with Crippen molar-refractivity contribution in [1.82, 2.24) is 9.29 Å². The van der Waals surface area contributed by atoms with Gasteiger partial charge in [0.2, 0.25) is 10.0 Å². The van der Waals surface area contributed by atoms with Crippen LogP contribution in [0.3, 0.4) is 0 Å². The van der Waals surface area contributed by atoms with Crippen LogP contribution in [-0.2, 0) is 10.0 Å². The Balaban J connectivity index is 1.89. The predicted molar refractivity (Wildman–Crippen MR) is 78.1 cm³/mol. The van der Waals surface area contributed by atoms with E-state index in [4.69, 9.17) is 11.6 Å². The highest BCUT2D eigenvalue weighted by Gasteiger charge is 2.40. The van der Waals surface area contributed by atoms with E-state index in [1.54, 1.807) is 4.31 Å². The Hall–Kier alpha value is -0.650. The maximum Gasteiger partial charge on any atom is 0.243 e. The quantitative estimate of drug-likeness (QED) is 0.806. The van der Waals surface area contributed by atoms with Gasteiger partial charge in [-0.1, -0.05) is 24.4 Å². The van der Waals surface area contributed by atoms with E-state index in [-0.39, 0.29) is 16.1 Å². The van der Waals surface area contributed by atoms with Crippen molar-refractivity contribution in [3.05, 3.63) is 23.5 Å². The zero-order valence-electron chi connectivity index (χ0n) is 11.3. The minimum Gasteiger partial charge on any atom is -0.244 e. The van der Waals surface area contributed by atoms with Gasteiger partial charge in [-0.15, -0.1) is 0 Å². The molecule has 1 aromatic heterocycles. The molecule has 0 aromatic carbocycles. The molecule has 2 fully saturated rings. The molecule has 0 bridgehead atoms. The summed E-state index contributed by atoms with van der Waals surface area (Å²) in [6.07, 6.45) is 8.19. The lowest BCUT2D eigenvalue weighted by Gasteiger charge is -2.28. The number of nitrogens with zero attached hydrogens (tertiary/aromatic N) is 2. The van der Waals surface area contributed by atoms with E-state index in [9.17, 15) is 8.42 Å². The SMILES string of the molecule is O=S(=O)(c1ccnc(Cl)c1)N1CCCC1C1CCCC1. The highest BCUT2D eigenvalue weighted by Crippen LogP contribution is 2.38. The molecule has 1 saturated carbocycles. The zero-order chi connectivity index (χ0) is 14.2. The normalized spacial score (nSPS) is 25.4. The molecular formula is C14H19ClN2O2S. The van der Waals surface area contributed by atoms with Crippen LogP contribution < -0.4 is 0 Å². The third kappa shape index (κ3) is 2.59. The van der Waals surface area contributed by atoms with Gasteiger partial charge < -0.3 is 0 Å². The minimum absolute atomic E-state index is 0.175. The number of hydrogen-bond donors (Lipinski definition) is 0. The molecule has 2 heterocycles. The smallest absolute Gasteiger partial charge is 0.243 e. The van der Waals surface area contributed by atoms with E-state index >= 15 is 0 Å². The fourth-order valence-electron chi connectivity index (χ4n) is 3.56. The molecule has 1 saturated heterocycles. The van der Waals surface area contributed by atoms with E-state index in [0.717, 1.165) is 25.7 Å². The summed E-state index contributed by atoms with van der Waals surface area (Å²) in [7, 11) is -3.44. The summed E-state index contributed by atoms with van der Waals surface area (Å²) in [6.45, 7) is 0.628. The molecule has 0 spiro atoms. The van der Waals surface area contributed by atoms with Crippen LogP contribution in [0.1, 0.15) is 38.5 Å². The lowest BCUT2D eigenvalue weighted by atomic mass is 9.97. The zero-order valence-corrected chi connectivity index (χ0v) is 12.9. The van der Waals surface area contributed by atoms with Crippen LogP contribution in [0.15, 0.2) is 23.2 Å². The van der Waals surface area contributed by atoms with Crippen molar-refractivity contribution in [2.45, 2.75) is 49.5 Å². The first-order valence-electron chi connectivity index (χ1n) is 7.22. The molecule has 1 aliphatic heterocycles. The molecule has 6 heteroatoms. The Morgan fingerprint density at radius 3 is 2.65 bits per heavy atom. The van der Waals surface area contributed by atoms with Crippen molar-refractivity contribution in [2.24, 2.45) is 5.92 Å². The molecule has 0 N–H and O–H groups in total. The van der Waals surface area contributed by atoms with E-state index in [0.29, 0.717) is 12.5 Å². The monoisotopic (exact) mass is 314 g/mol. The Morgan fingerprint density at radius 1 is 1.20 bits per heavy atom. The van der Waals surface area contributed by atoms with Gasteiger partial charge in [0, 0.05) is 18.8 Å². The van der Waals surface area contributed by atoms with Gasteiger partial charge in [0.1, 0.15) is 5.15 Å². The number of sulfonamides is 1. The summed E-state index contributed by atoms with van der Waals surface area (Å²) < 4.78 is 27.3. The molecule has 4 nitrogen and oxygen atoms in total. The van der Waals surface area contributed by atoms with Gasteiger partial charge in [0.25, 0.3) is 0 Å². The lowest BCUT2D eigenvalue weighted by Crippen LogP contribution is -2.39. The summed E-state index contributed by atoms with van der Waals surface area (Å²) in [6, 6.07) is 3.15. The van der Waals surface area contributed by atoms with Gasteiger partial charge in [-0.2, -0.15) is 4.31 Å². The third-order valence-corrected chi connectivity index (χ3v) is 6.62. The first-order valence-corrected chi connectivity index (χ1v) is 9.04. The second-order valence-corrected chi connectivity index (χ2v) is 7.96. The van der Waals surface area contributed by atoms with Crippen LogP contribution in [0.2, 0.25) is 5.15 Å². The molecule has 0 radical (unpaired) electrons. The van der Waals surface area contributed by atoms with Crippen molar-refractivity contribution in [1.29, 1.82) is 0 Å². The van der Waals surface area contributed by atoms with Crippen LogP contribution in [0, 0.1) is 5.92 Å². The molecule has 2 aliphatic rings. The summed E-state index contributed by atoms with van der Waals surface area (Å²) >= 11 is 5.83. The summed E-state index contributed by atoms with van der Waals surface area (Å²) in [4.78, 5) is 4.13. The number of rotatable bonds is 3. The number of halogens is 1. The largest absolute Gasteiger partial charge is 0.244 e. The van der Waals surface area contributed by atoms with Gasteiger partial charge in [0.15, 0.2) is 0 Å². The molecule has 110 valence electrons. The third-order valence-electron chi connectivity index (χ3n) is 4.50. The van der Waals surface area contributed by atoms with Crippen LogP contribution in [0.5, 0.6) is 0 Å². The molecule has 1 unspecified atom stereocenters. The molecule has 20 heavy (non-hydrogen) atoms. The van der Waals surface area contributed by atoms with Gasteiger partial charge in [-0.25, -0.2) is 13.4 Å². The van der Waals surface area contributed by atoms with Gasteiger partial charge >= 0.3 is 0 Å². The van der Waals surface area contributed by atoms with E-state index in [1.165, 1.54) is 31.2 Å². The van der Waals surface area contributed by atoms with Gasteiger partial charge in [-0.3, -0.25) is 0 Å². The Bertz CT molecular complexity index is 585. The molecule has 1 aliphatic carbocycles. The van der Waals surface area contributed by atoms with Gasteiger partial charge in [-0.05, 0) is 43.7 Å². The average Bonchev–Trinajstić information content (AvgIpc) is 3.09. The Labute approximate surface area is 125 Å². The summed E-state index contributed by atoms with van der Waals surface area (Å²) in [5, 5.41) is 0.225. The van der Waals surface area contributed by atoms with Gasteiger partial charge in [0.05, 0.1) is 4.90 Å². The molecule has 3 rings (SSSR count). The number of aromatic nitrogens is 1. The predicted octanol–water partition coefficient (Wildman–Crippen LogP) is 3.08. The van der Waals surface area contributed by atoms with Crippen LogP contribution >= 0.6 is 11.6 Å². The average molecular weight is 315 g/mol. The second kappa shape index (κ2) is 5.62. The van der Waals surface area contributed by atoms with E-state index < -0.39 is 10.0 Å². The van der Waals surface area contributed by atoms with Crippen molar-refractivity contribution >= 4 is 21.6 Å². The van der Waals surface area contributed by atoms with Crippen LogP contribution in [0.25, 0.3) is 0 Å². The van der Waals surface area contributed by atoms with Crippen molar-refractivity contribution in [2.75, 3.05) is 6.54 Å². The topological polar surface area (TPSA) is 50.3 Å². The maximum atomic E-state index is 12.8. The van der Waals surface area contributed by atoms with E-state index in [2.05, 4.69) is 4.98 Å². The Kier molecular flexibility index (Phi) is 4.02.